The van der Waals surface area contributed by atoms with Crippen molar-refractivity contribution < 1.29 is 9.50 Å². The largest absolute Gasteiger partial charge is 0.508 e. The molecule has 0 atom stereocenters. The zero-order valence-corrected chi connectivity index (χ0v) is 9.84. The van der Waals surface area contributed by atoms with Crippen LogP contribution in [0.15, 0.2) is 48.8 Å². The molecule has 0 saturated carbocycles. The second-order valence-electron chi connectivity index (χ2n) is 4.03. The van der Waals surface area contributed by atoms with E-state index in [2.05, 4.69) is 15.3 Å². The molecule has 3 rings (SSSR count). The number of para-hydroxylation sites is 1. The van der Waals surface area contributed by atoms with Crippen molar-refractivity contribution in [1.82, 2.24) is 9.97 Å². The van der Waals surface area contributed by atoms with Crippen molar-refractivity contribution in [3.63, 3.8) is 0 Å². The Labute approximate surface area is 108 Å². The van der Waals surface area contributed by atoms with E-state index in [0.29, 0.717) is 16.9 Å². The molecule has 2 aromatic carbocycles. The Bertz CT molecular complexity index is 746. The molecule has 3 aromatic rings. The summed E-state index contributed by atoms with van der Waals surface area (Å²) in [5, 5.41) is 13.0. The molecule has 1 heterocycles. The van der Waals surface area contributed by atoms with Crippen LogP contribution in [0.25, 0.3) is 10.9 Å². The number of fused-ring (bicyclic) bond motifs is 1. The number of nitrogens with zero attached hydrogens (tertiary/aromatic N) is 2. The van der Waals surface area contributed by atoms with Gasteiger partial charge in [0, 0.05) is 17.1 Å². The van der Waals surface area contributed by atoms with Crippen molar-refractivity contribution >= 4 is 22.4 Å². The highest BCUT2D eigenvalue weighted by atomic mass is 19.1. The lowest BCUT2D eigenvalue weighted by Gasteiger charge is -2.08. The maximum Gasteiger partial charge on any atom is 0.149 e. The second kappa shape index (κ2) is 4.53. The van der Waals surface area contributed by atoms with Gasteiger partial charge in [-0.05, 0) is 24.3 Å². The first-order chi connectivity index (χ1) is 9.24. The lowest BCUT2D eigenvalue weighted by atomic mass is 10.2. The lowest BCUT2D eigenvalue weighted by Crippen LogP contribution is -1.96. The Morgan fingerprint density at radius 3 is 2.74 bits per heavy atom. The van der Waals surface area contributed by atoms with Gasteiger partial charge in [0.05, 0.1) is 0 Å². The summed E-state index contributed by atoms with van der Waals surface area (Å²) >= 11 is 0. The zero-order chi connectivity index (χ0) is 13.2. The number of phenols is 1. The van der Waals surface area contributed by atoms with Crippen molar-refractivity contribution in [2.45, 2.75) is 0 Å². The number of aromatic hydroxyl groups is 1. The molecule has 2 N–H and O–H groups in total. The van der Waals surface area contributed by atoms with Crippen molar-refractivity contribution in [2.75, 3.05) is 5.32 Å². The minimum absolute atomic E-state index is 0.148. The highest BCUT2D eigenvalue weighted by molar-refractivity contribution is 5.90. The SMILES string of the molecule is Oc1cccc(Nc2ncnc3c(F)cccc23)c1. The van der Waals surface area contributed by atoms with E-state index >= 15 is 0 Å². The minimum Gasteiger partial charge on any atom is -0.508 e. The summed E-state index contributed by atoms with van der Waals surface area (Å²) in [6, 6.07) is 11.3. The third-order valence-corrected chi connectivity index (χ3v) is 2.72. The molecular weight excluding hydrogens is 245 g/mol. The fraction of sp³-hybridized carbons (Fsp3) is 0. The van der Waals surface area contributed by atoms with Crippen LogP contribution in [-0.2, 0) is 0 Å². The van der Waals surface area contributed by atoms with Gasteiger partial charge in [-0.2, -0.15) is 0 Å². The topological polar surface area (TPSA) is 58.0 Å². The Balaban J connectivity index is 2.08. The standard InChI is InChI=1S/C14H10FN3O/c15-12-6-2-5-11-13(12)16-8-17-14(11)18-9-3-1-4-10(19)7-9/h1-8,19H,(H,16,17,18). The van der Waals surface area contributed by atoms with Gasteiger partial charge in [-0.1, -0.05) is 12.1 Å². The predicted molar refractivity (Wildman–Crippen MR) is 70.9 cm³/mol. The number of anilines is 2. The van der Waals surface area contributed by atoms with Crippen molar-refractivity contribution in [3.05, 3.63) is 54.6 Å². The normalized spacial score (nSPS) is 10.6. The second-order valence-corrected chi connectivity index (χ2v) is 4.03. The molecule has 0 aliphatic carbocycles. The van der Waals surface area contributed by atoms with Crippen LogP contribution >= 0.6 is 0 Å². The molecule has 1 aromatic heterocycles. The van der Waals surface area contributed by atoms with Gasteiger partial charge in [0.1, 0.15) is 29.2 Å². The van der Waals surface area contributed by atoms with Crippen LogP contribution in [0.1, 0.15) is 0 Å². The van der Waals surface area contributed by atoms with Crippen molar-refractivity contribution in [1.29, 1.82) is 0 Å². The van der Waals surface area contributed by atoms with Gasteiger partial charge < -0.3 is 10.4 Å². The van der Waals surface area contributed by atoms with Crippen LogP contribution < -0.4 is 5.32 Å². The van der Waals surface area contributed by atoms with Gasteiger partial charge in [-0.15, -0.1) is 0 Å². The van der Waals surface area contributed by atoms with E-state index in [4.69, 9.17) is 0 Å². The number of halogens is 1. The Hall–Kier alpha value is -2.69. The summed E-state index contributed by atoms with van der Waals surface area (Å²) in [5.74, 6) is 0.253. The van der Waals surface area contributed by atoms with Crippen LogP contribution in [-0.4, -0.2) is 15.1 Å². The molecule has 5 heteroatoms. The third kappa shape index (κ3) is 2.18. The number of benzene rings is 2. The van der Waals surface area contributed by atoms with Gasteiger partial charge in [0.15, 0.2) is 0 Å². The summed E-state index contributed by atoms with van der Waals surface area (Å²) in [4.78, 5) is 8.03. The first-order valence-corrected chi connectivity index (χ1v) is 5.69. The maximum atomic E-state index is 13.6. The fourth-order valence-electron chi connectivity index (χ4n) is 1.87. The first kappa shape index (κ1) is 11.4. The Kier molecular flexibility index (Phi) is 2.72. The van der Waals surface area contributed by atoms with E-state index in [9.17, 15) is 9.50 Å². The summed E-state index contributed by atoms with van der Waals surface area (Å²) in [5.41, 5.74) is 0.935. The van der Waals surface area contributed by atoms with E-state index in [1.807, 2.05) is 0 Å². The molecule has 19 heavy (non-hydrogen) atoms. The number of hydrogen-bond acceptors (Lipinski definition) is 4. The van der Waals surface area contributed by atoms with E-state index in [1.54, 1.807) is 36.4 Å². The summed E-state index contributed by atoms with van der Waals surface area (Å²) in [7, 11) is 0. The zero-order valence-electron chi connectivity index (χ0n) is 9.84. The summed E-state index contributed by atoms with van der Waals surface area (Å²) < 4.78 is 13.6. The molecule has 0 spiro atoms. The molecule has 0 amide bonds. The van der Waals surface area contributed by atoms with Crippen LogP contribution in [0.4, 0.5) is 15.9 Å². The lowest BCUT2D eigenvalue weighted by molar-refractivity contribution is 0.475. The monoisotopic (exact) mass is 255 g/mol. The van der Waals surface area contributed by atoms with Crippen LogP contribution in [0.2, 0.25) is 0 Å². The maximum absolute atomic E-state index is 13.6. The Morgan fingerprint density at radius 2 is 1.89 bits per heavy atom. The minimum atomic E-state index is -0.390. The van der Waals surface area contributed by atoms with Gasteiger partial charge in [0.2, 0.25) is 0 Å². The van der Waals surface area contributed by atoms with Gasteiger partial charge in [0.25, 0.3) is 0 Å². The predicted octanol–water partition coefficient (Wildman–Crippen LogP) is 3.22. The average Bonchev–Trinajstić information content (AvgIpc) is 2.40. The first-order valence-electron chi connectivity index (χ1n) is 5.69. The average molecular weight is 255 g/mol. The van der Waals surface area contributed by atoms with E-state index < -0.39 is 0 Å². The fourth-order valence-corrected chi connectivity index (χ4v) is 1.87. The van der Waals surface area contributed by atoms with Crippen LogP contribution in [0.3, 0.4) is 0 Å². The molecule has 0 bridgehead atoms. The molecular formula is C14H10FN3O. The smallest absolute Gasteiger partial charge is 0.149 e. The molecule has 0 saturated heterocycles. The molecule has 4 nitrogen and oxygen atoms in total. The molecule has 0 fully saturated rings. The molecule has 0 unspecified atom stereocenters. The van der Waals surface area contributed by atoms with Gasteiger partial charge in [-0.25, -0.2) is 14.4 Å². The summed E-state index contributed by atoms with van der Waals surface area (Å²) in [6.07, 6.45) is 1.30. The van der Waals surface area contributed by atoms with Crippen LogP contribution in [0.5, 0.6) is 5.75 Å². The molecule has 0 radical (unpaired) electrons. The van der Waals surface area contributed by atoms with Crippen molar-refractivity contribution in [2.24, 2.45) is 0 Å². The summed E-state index contributed by atoms with van der Waals surface area (Å²) in [6.45, 7) is 0. The number of phenolic OH excluding ortho intramolecular Hbond substituents is 1. The number of nitrogens with one attached hydrogen (secondary N) is 1. The Morgan fingerprint density at radius 1 is 1.05 bits per heavy atom. The number of rotatable bonds is 2. The number of hydrogen-bond donors (Lipinski definition) is 2. The number of aromatic nitrogens is 2. The van der Waals surface area contributed by atoms with Crippen molar-refractivity contribution in [3.8, 4) is 5.75 Å². The quantitative estimate of drug-likeness (QED) is 0.738. The van der Waals surface area contributed by atoms with Crippen LogP contribution in [0, 0.1) is 5.82 Å². The van der Waals surface area contributed by atoms with E-state index in [-0.39, 0.29) is 17.1 Å². The molecule has 94 valence electrons. The highest BCUT2D eigenvalue weighted by Crippen LogP contribution is 2.25. The highest BCUT2D eigenvalue weighted by Gasteiger charge is 2.07. The van der Waals surface area contributed by atoms with E-state index in [1.165, 1.54) is 12.4 Å². The molecule has 0 aliphatic heterocycles. The van der Waals surface area contributed by atoms with Gasteiger partial charge in [-0.3, -0.25) is 0 Å². The van der Waals surface area contributed by atoms with Gasteiger partial charge >= 0.3 is 0 Å². The third-order valence-electron chi connectivity index (χ3n) is 2.72. The molecule has 0 aliphatic rings. The van der Waals surface area contributed by atoms with E-state index in [0.717, 1.165) is 0 Å².